The van der Waals surface area contributed by atoms with E-state index in [0.29, 0.717) is 12.8 Å². The topological polar surface area (TPSA) is 115 Å². The van der Waals surface area contributed by atoms with Gasteiger partial charge in [-0.1, -0.05) is 244 Å². The SMILES string of the molecule is CCCCCCCCCCCCCCC=CCCCCCCC(O)C(=O)O.CCCCCCCCCCCCCCCCCCCCCCC(O)C(=O)O. The average Bonchev–Trinajstić information content (AvgIpc) is 3.16. The first-order valence-electron chi connectivity index (χ1n) is 23.8. The third kappa shape index (κ3) is 48.6. The van der Waals surface area contributed by atoms with Crippen LogP contribution in [0.15, 0.2) is 12.2 Å². The summed E-state index contributed by atoms with van der Waals surface area (Å²) in [5.41, 5.74) is 0. The number of carboxylic acids is 2. The Kier molecular flexibility index (Phi) is 48.4. The fourth-order valence-electron chi connectivity index (χ4n) is 7.13. The Labute approximate surface area is 336 Å². The molecule has 4 N–H and O–H groups in total. The van der Waals surface area contributed by atoms with Crippen molar-refractivity contribution in [2.45, 2.75) is 283 Å². The van der Waals surface area contributed by atoms with E-state index >= 15 is 0 Å². The van der Waals surface area contributed by atoms with Gasteiger partial charge < -0.3 is 20.4 Å². The molecule has 0 aliphatic carbocycles. The highest BCUT2D eigenvalue weighted by Gasteiger charge is 2.12. The van der Waals surface area contributed by atoms with E-state index in [1.54, 1.807) is 0 Å². The second-order valence-corrected chi connectivity index (χ2v) is 16.4. The van der Waals surface area contributed by atoms with Gasteiger partial charge in [0, 0.05) is 0 Å². The maximum absolute atomic E-state index is 10.5. The van der Waals surface area contributed by atoms with Crippen molar-refractivity contribution in [3.05, 3.63) is 12.2 Å². The minimum absolute atomic E-state index is 0.379. The van der Waals surface area contributed by atoms with Crippen LogP contribution in [-0.2, 0) is 9.59 Å². The third-order valence-corrected chi connectivity index (χ3v) is 10.9. The van der Waals surface area contributed by atoms with Gasteiger partial charge in [0.1, 0.15) is 0 Å². The van der Waals surface area contributed by atoms with E-state index in [9.17, 15) is 14.7 Å². The minimum atomic E-state index is -1.18. The number of allylic oxidation sites excluding steroid dienone is 2. The lowest BCUT2D eigenvalue weighted by atomic mass is 10.0. The Hall–Kier alpha value is -1.40. The molecule has 0 saturated carbocycles. The van der Waals surface area contributed by atoms with E-state index in [1.165, 1.54) is 199 Å². The third-order valence-electron chi connectivity index (χ3n) is 10.9. The van der Waals surface area contributed by atoms with Gasteiger partial charge in [0.05, 0.1) is 0 Å². The van der Waals surface area contributed by atoms with Gasteiger partial charge in [0.15, 0.2) is 12.2 Å². The quantitative estimate of drug-likeness (QED) is 0.0363. The molecule has 54 heavy (non-hydrogen) atoms. The van der Waals surface area contributed by atoms with Crippen LogP contribution in [0.3, 0.4) is 0 Å². The Balaban J connectivity index is 0. The second-order valence-electron chi connectivity index (χ2n) is 16.4. The van der Waals surface area contributed by atoms with Gasteiger partial charge in [0.2, 0.25) is 0 Å². The summed E-state index contributed by atoms with van der Waals surface area (Å²) in [6.45, 7) is 4.56. The molecule has 0 heterocycles. The van der Waals surface area contributed by atoms with Crippen molar-refractivity contribution in [1.82, 2.24) is 0 Å². The van der Waals surface area contributed by atoms with Gasteiger partial charge in [-0.05, 0) is 38.5 Å². The molecule has 6 heteroatoms. The van der Waals surface area contributed by atoms with Gasteiger partial charge in [-0.25, -0.2) is 9.59 Å². The summed E-state index contributed by atoms with van der Waals surface area (Å²) in [5, 5.41) is 35.5. The zero-order valence-corrected chi connectivity index (χ0v) is 36.2. The number of carbonyl (C=O) groups is 2. The first-order valence-corrected chi connectivity index (χ1v) is 23.8. The smallest absolute Gasteiger partial charge is 0.332 e. The van der Waals surface area contributed by atoms with Crippen molar-refractivity contribution in [2.75, 3.05) is 0 Å². The normalized spacial score (nSPS) is 12.5. The van der Waals surface area contributed by atoms with Crippen LogP contribution in [0.2, 0.25) is 0 Å². The zero-order valence-electron chi connectivity index (χ0n) is 36.2. The first kappa shape index (κ1) is 54.7. The number of aliphatic hydroxyl groups is 2. The number of hydrogen-bond donors (Lipinski definition) is 4. The highest BCUT2D eigenvalue weighted by molar-refractivity contribution is 5.72. The summed E-state index contributed by atoms with van der Waals surface area (Å²) in [4.78, 5) is 21.0. The molecule has 2 atom stereocenters. The molecule has 0 bridgehead atoms. The molecule has 0 aliphatic heterocycles. The molecule has 0 rings (SSSR count). The molecular formula is C48H94O6. The molecule has 322 valence electrons. The number of carboxylic acid groups (broad SMARTS) is 2. The summed E-state index contributed by atoms with van der Waals surface area (Å²) in [5.74, 6) is -2.19. The average molecular weight is 767 g/mol. The van der Waals surface area contributed by atoms with E-state index in [0.717, 1.165) is 44.9 Å². The zero-order chi connectivity index (χ0) is 40.0. The number of unbranched alkanes of at least 4 members (excludes halogenated alkanes) is 35. The van der Waals surface area contributed by atoms with Crippen LogP contribution in [0.25, 0.3) is 0 Å². The number of aliphatic hydroxyl groups excluding tert-OH is 2. The van der Waals surface area contributed by atoms with E-state index in [-0.39, 0.29) is 0 Å². The summed E-state index contributed by atoms with van der Waals surface area (Å²) in [6.07, 6.45) is 53.2. The highest BCUT2D eigenvalue weighted by Crippen LogP contribution is 2.16. The molecule has 0 fully saturated rings. The fourth-order valence-corrected chi connectivity index (χ4v) is 7.13. The molecular weight excluding hydrogens is 673 g/mol. The summed E-state index contributed by atoms with van der Waals surface area (Å²) in [7, 11) is 0. The summed E-state index contributed by atoms with van der Waals surface area (Å²) >= 11 is 0. The lowest BCUT2D eigenvalue weighted by Crippen LogP contribution is -2.18. The molecule has 0 spiro atoms. The van der Waals surface area contributed by atoms with Crippen LogP contribution in [0.4, 0.5) is 0 Å². The molecule has 0 saturated heterocycles. The standard InChI is InChI=1S/C24H48O3.C24H46O3/c2*1-2-3-4-5-6-7-8-9-10-11-12-13-14-15-16-17-18-19-20-21-22-23(25)24(26)27/h23,25H,2-22H2,1H3,(H,26,27);15-16,23,25H,2-14,17-22H2,1H3,(H,26,27). The molecule has 0 amide bonds. The Bertz CT molecular complexity index is 768. The Morgan fingerprint density at radius 2 is 0.519 bits per heavy atom. The van der Waals surface area contributed by atoms with Crippen LogP contribution in [0, 0.1) is 0 Å². The molecule has 0 aromatic rings. The molecule has 0 aromatic heterocycles. The first-order chi connectivity index (χ1) is 26.4. The van der Waals surface area contributed by atoms with Gasteiger partial charge in [-0.2, -0.15) is 0 Å². The van der Waals surface area contributed by atoms with Crippen LogP contribution in [-0.4, -0.2) is 44.6 Å². The van der Waals surface area contributed by atoms with Crippen molar-refractivity contribution in [2.24, 2.45) is 0 Å². The lowest BCUT2D eigenvalue weighted by molar-refractivity contribution is -0.147. The molecule has 0 radical (unpaired) electrons. The van der Waals surface area contributed by atoms with E-state index in [4.69, 9.17) is 15.3 Å². The van der Waals surface area contributed by atoms with Crippen LogP contribution >= 0.6 is 0 Å². The molecule has 0 aromatic carbocycles. The van der Waals surface area contributed by atoms with Crippen molar-refractivity contribution < 1.29 is 30.0 Å². The maximum Gasteiger partial charge on any atom is 0.332 e. The van der Waals surface area contributed by atoms with Gasteiger partial charge in [-0.15, -0.1) is 0 Å². The monoisotopic (exact) mass is 767 g/mol. The van der Waals surface area contributed by atoms with Crippen LogP contribution in [0.5, 0.6) is 0 Å². The number of hydrogen-bond acceptors (Lipinski definition) is 4. The summed E-state index contributed by atoms with van der Waals surface area (Å²) in [6, 6.07) is 0. The van der Waals surface area contributed by atoms with Crippen LogP contribution in [0.1, 0.15) is 271 Å². The summed E-state index contributed by atoms with van der Waals surface area (Å²) < 4.78 is 0. The number of aliphatic carboxylic acids is 2. The molecule has 2 unspecified atom stereocenters. The van der Waals surface area contributed by atoms with Gasteiger partial charge in [0.25, 0.3) is 0 Å². The van der Waals surface area contributed by atoms with Gasteiger partial charge in [-0.3, -0.25) is 0 Å². The maximum atomic E-state index is 10.5. The van der Waals surface area contributed by atoms with Crippen molar-refractivity contribution in [1.29, 1.82) is 0 Å². The molecule has 6 nitrogen and oxygen atoms in total. The minimum Gasteiger partial charge on any atom is -0.479 e. The Morgan fingerprint density at radius 1 is 0.333 bits per heavy atom. The molecule has 0 aliphatic rings. The lowest BCUT2D eigenvalue weighted by Gasteiger charge is -2.05. The highest BCUT2D eigenvalue weighted by atomic mass is 16.4. The van der Waals surface area contributed by atoms with Crippen molar-refractivity contribution in [3.8, 4) is 0 Å². The van der Waals surface area contributed by atoms with E-state index < -0.39 is 24.1 Å². The van der Waals surface area contributed by atoms with Gasteiger partial charge >= 0.3 is 11.9 Å². The predicted octanol–water partition coefficient (Wildman–Crippen LogP) is 15.1. The van der Waals surface area contributed by atoms with Crippen molar-refractivity contribution in [3.63, 3.8) is 0 Å². The van der Waals surface area contributed by atoms with E-state index in [1.807, 2.05) is 0 Å². The van der Waals surface area contributed by atoms with E-state index in [2.05, 4.69) is 26.0 Å². The fraction of sp³-hybridized carbons (Fsp3) is 0.917. The predicted molar refractivity (Wildman–Crippen MR) is 232 cm³/mol. The number of rotatable bonds is 43. The second kappa shape index (κ2) is 47.8. The van der Waals surface area contributed by atoms with Crippen LogP contribution < -0.4 is 0 Å². The largest absolute Gasteiger partial charge is 0.479 e. The van der Waals surface area contributed by atoms with Crippen molar-refractivity contribution >= 4 is 11.9 Å². The Morgan fingerprint density at radius 3 is 0.722 bits per heavy atom.